The topological polar surface area (TPSA) is 120 Å². The van der Waals surface area contributed by atoms with E-state index in [-0.39, 0.29) is 23.4 Å². The van der Waals surface area contributed by atoms with Crippen molar-refractivity contribution in [3.05, 3.63) is 29.7 Å². The van der Waals surface area contributed by atoms with Crippen LogP contribution in [-0.2, 0) is 4.74 Å². The second-order valence-electron chi connectivity index (χ2n) is 8.79. The van der Waals surface area contributed by atoms with E-state index in [1.54, 1.807) is 53.0 Å². The van der Waals surface area contributed by atoms with E-state index in [2.05, 4.69) is 10.3 Å². The molecule has 1 aliphatic carbocycles. The SMILES string of the molecule is COc1ccc(-c2nc(C(=O)O)c(C(C)NC(=O)OC(C)(C)C)o2)cc1OC1CCCC1. The van der Waals surface area contributed by atoms with Crippen LogP contribution in [0.25, 0.3) is 11.5 Å². The van der Waals surface area contributed by atoms with Crippen LogP contribution in [0.4, 0.5) is 4.79 Å². The minimum Gasteiger partial charge on any atom is -0.493 e. The number of hydrogen-bond donors (Lipinski definition) is 2. The molecule has 2 aromatic rings. The van der Waals surface area contributed by atoms with Crippen LogP contribution in [0.2, 0.25) is 0 Å². The molecule has 1 aromatic heterocycles. The number of ether oxygens (including phenoxy) is 3. The average molecular weight is 447 g/mol. The van der Waals surface area contributed by atoms with Crippen LogP contribution >= 0.6 is 0 Å². The summed E-state index contributed by atoms with van der Waals surface area (Å²) < 4.78 is 22.5. The van der Waals surface area contributed by atoms with Crippen LogP contribution in [0.3, 0.4) is 0 Å². The second-order valence-corrected chi connectivity index (χ2v) is 8.79. The number of benzene rings is 1. The van der Waals surface area contributed by atoms with Gasteiger partial charge in [-0.25, -0.2) is 14.6 Å². The summed E-state index contributed by atoms with van der Waals surface area (Å²) in [5.41, 5.74) is -0.431. The number of methoxy groups -OCH3 is 1. The molecule has 2 N–H and O–H groups in total. The highest BCUT2D eigenvalue weighted by atomic mass is 16.6. The minimum atomic E-state index is -1.26. The quantitative estimate of drug-likeness (QED) is 0.613. The van der Waals surface area contributed by atoms with E-state index < -0.39 is 23.7 Å². The van der Waals surface area contributed by atoms with Gasteiger partial charge in [0.05, 0.1) is 19.3 Å². The van der Waals surface area contributed by atoms with E-state index in [0.29, 0.717) is 17.1 Å². The van der Waals surface area contributed by atoms with Crippen LogP contribution in [-0.4, -0.2) is 41.0 Å². The zero-order valence-electron chi connectivity index (χ0n) is 19.1. The summed E-state index contributed by atoms with van der Waals surface area (Å²) in [6.07, 6.45) is 3.64. The molecule has 0 aliphatic heterocycles. The van der Waals surface area contributed by atoms with Gasteiger partial charge in [0, 0.05) is 5.56 Å². The first-order chi connectivity index (χ1) is 15.1. The molecule has 0 saturated heterocycles. The number of carboxylic acid groups (broad SMARTS) is 1. The van der Waals surface area contributed by atoms with Crippen molar-refractivity contribution in [1.29, 1.82) is 0 Å². The summed E-state index contributed by atoms with van der Waals surface area (Å²) in [6.45, 7) is 6.81. The van der Waals surface area contributed by atoms with E-state index >= 15 is 0 Å². The Labute approximate surface area is 187 Å². The molecule has 9 nitrogen and oxygen atoms in total. The van der Waals surface area contributed by atoms with Crippen LogP contribution in [0.1, 0.15) is 75.7 Å². The van der Waals surface area contributed by atoms with Crippen LogP contribution < -0.4 is 14.8 Å². The number of nitrogens with one attached hydrogen (secondary N) is 1. The molecule has 1 saturated carbocycles. The third-order valence-corrected chi connectivity index (χ3v) is 4.99. The van der Waals surface area contributed by atoms with Gasteiger partial charge in [-0.15, -0.1) is 0 Å². The predicted molar refractivity (Wildman–Crippen MR) is 116 cm³/mol. The number of oxazole rings is 1. The van der Waals surface area contributed by atoms with Gasteiger partial charge in [-0.3, -0.25) is 0 Å². The Kier molecular flexibility index (Phi) is 6.96. The summed E-state index contributed by atoms with van der Waals surface area (Å²) in [6, 6.07) is 4.40. The number of nitrogens with zero attached hydrogens (tertiary/aromatic N) is 1. The zero-order chi connectivity index (χ0) is 23.5. The van der Waals surface area contributed by atoms with Crippen molar-refractivity contribution in [2.75, 3.05) is 7.11 Å². The van der Waals surface area contributed by atoms with Crippen molar-refractivity contribution in [2.45, 2.75) is 71.1 Å². The predicted octanol–water partition coefficient (Wildman–Crippen LogP) is 4.96. The molecule has 1 fully saturated rings. The highest BCUT2D eigenvalue weighted by Crippen LogP contribution is 2.36. The molecule has 1 unspecified atom stereocenters. The van der Waals surface area contributed by atoms with Crippen LogP contribution in [0, 0.1) is 0 Å². The molecular formula is C23H30N2O7. The summed E-state index contributed by atoms with van der Waals surface area (Å²) in [5, 5.41) is 12.2. The lowest BCUT2D eigenvalue weighted by Gasteiger charge is -2.21. The Morgan fingerprint density at radius 3 is 2.50 bits per heavy atom. The summed E-state index contributed by atoms with van der Waals surface area (Å²) in [7, 11) is 1.56. The summed E-state index contributed by atoms with van der Waals surface area (Å²) >= 11 is 0. The lowest BCUT2D eigenvalue weighted by atomic mass is 10.2. The van der Waals surface area contributed by atoms with Crippen molar-refractivity contribution < 1.29 is 33.3 Å². The average Bonchev–Trinajstić information content (AvgIpc) is 3.36. The molecule has 174 valence electrons. The number of aromatic carboxylic acids is 1. The second kappa shape index (κ2) is 9.50. The van der Waals surface area contributed by atoms with Crippen molar-refractivity contribution >= 4 is 12.1 Å². The van der Waals surface area contributed by atoms with Gasteiger partial charge < -0.3 is 29.1 Å². The largest absolute Gasteiger partial charge is 0.493 e. The van der Waals surface area contributed by atoms with E-state index in [1.807, 2.05) is 0 Å². The number of rotatable bonds is 7. The first-order valence-electron chi connectivity index (χ1n) is 10.7. The Balaban J connectivity index is 1.88. The number of carbonyl (C=O) groups excluding carboxylic acids is 1. The Hall–Kier alpha value is -3.23. The van der Waals surface area contributed by atoms with Crippen molar-refractivity contribution in [3.63, 3.8) is 0 Å². The number of carbonyl (C=O) groups is 2. The van der Waals surface area contributed by atoms with E-state index in [0.717, 1.165) is 25.7 Å². The van der Waals surface area contributed by atoms with Gasteiger partial charge in [0.15, 0.2) is 23.0 Å². The number of amides is 1. The number of hydrogen-bond acceptors (Lipinski definition) is 7. The normalized spacial score (nSPS) is 15.3. The van der Waals surface area contributed by atoms with Gasteiger partial charge in [-0.05, 0) is 71.6 Å². The van der Waals surface area contributed by atoms with Crippen LogP contribution in [0.15, 0.2) is 22.6 Å². The fraction of sp³-hybridized carbons (Fsp3) is 0.522. The van der Waals surface area contributed by atoms with Crippen molar-refractivity contribution in [2.24, 2.45) is 0 Å². The monoisotopic (exact) mass is 446 g/mol. The van der Waals surface area contributed by atoms with Crippen molar-refractivity contribution in [3.8, 4) is 23.0 Å². The lowest BCUT2D eigenvalue weighted by Crippen LogP contribution is -2.34. The third kappa shape index (κ3) is 5.72. The molecule has 0 bridgehead atoms. The first kappa shape index (κ1) is 23.4. The highest BCUT2D eigenvalue weighted by molar-refractivity contribution is 5.87. The maximum atomic E-state index is 12.1. The first-order valence-corrected chi connectivity index (χ1v) is 10.7. The van der Waals surface area contributed by atoms with E-state index in [9.17, 15) is 14.7 Å². The molecule has 0 spiro atoms. The molecule has 1 aromatic carbocycles. The molecule has 1 atom stereocenters. The van der Waals surface area contributed by atoms with E-state index in [4.69, 9.17) is 18.6 Å². The molecule has 1 aliphatic rings. The fourth-order valence-corrected chi connectivity index (χ4v) is 3.54. The number of aromatic nitrogens is 1. The van der Waals surface area contributed by atoms with Gasteiger partial charge >= 0.3 is 12.1 Å². The molecular weight excluding hydrogens is 416 g/mol. The number of carboxylic acids is 1. The minimum absolute atomic E-state index is 0.0208. The molecule has 3 rings (SSSR count). The maximum Gasteiger partial charge on any atom is 0.408 e. The molecule has 0 radical (unpaired) electrons. The highest BCUT2D eigenvalue weighted by Gasteiger charge is 2.28. The molecule has 1 heterocycles. The van der Waals surface area contributed by atoms with Gasteiger partial charge in [-0.1, -0.05) is 0 Å². The van der Waals surface area contributed by atoms with Gasteiger partial charge in [-0.2, -0.15) is 0 Å². The van der Waals surface area contributed by atoms with Gasteiger partial charge in [0.25, 0.3) is 0 Å². The van der Waals surface area contributed by atoms with Crippen molar-refractivity contribution in [1.82, 2.24) is 10.3 Å². The van der Waals surface area contributed by atoms with Gasteiger partial charge in [0.1, 0.15) is 5.60 Å². The Morgan fingerprint density at radius 2 is 1.91 bits per heavy atom. The third-order valence-electron chi connectivity index (χ3n) is 4.99. The lowest BCUT2D eigenvalue weighted by molar-refractivity contribution is 0.0498. The summed E-state index contributed by atoms with van der Waals surface area (Å²) in [4.78, 5) is 28.0. The maximum absolute atomic E-state index is 12.1. The fourth-order valence-electron chi connectivity index (χ4n) is 3.54. The molecule has 1 amide bonds. The summed E-state index contributed by atoms with van der Waals surface area (Å²) in [5.74, 6) is -0.00955. The molecule has 32 heavy (non-hydrogen) atoms. The standard InChI is InChI=1S/C23H30N2O7/c1-13(24-22(28)32-23(2,3)4)19-18(21(26)27)25-20(31-19)14-10-11-16(29-5)17(12-14)30-15-8-6-7-9-15/h10-13,15H,6-9H2,1-5H3,(H,24,28)(H,26,27). The Bertz CT molecular complexity index is 971. The smallest absolute Gasteiger partial charge is 0.408 e. The number of alkyl carbamates (subject to hydrolysis) is 1. The van der Waals surface area contributed by atoms with Crippen LogP contribution in [0.5, 0.6) is 11.5 Å². The van der Waals surface area contributed by atoms with Gasteiger partial charge in [0.2, 0.25) is 5.89 Å². The zero-order valence-corrected chi connectivity index (χ0v) is 19.1. The molecule has 9 heteroatoms. The Morgan fingerprint density at radius 1 is 1.22 bits per heavy atom. The van der Waals surface area contributed by atoms with E-state index in [1.165, 1.54) is 0 Å².